The molecule has 8 aromatic rings. The van der Waals surface area contributed by atoms with Gasteiger partial charge in [0.1, 0.15) is 47.4 Å². The number of benzene rings is 8. The molecule has 3 fully saturated rings. The van der Waals surface area contributed by atoms with Gasteiger partial charge in [0.2, 0.25) is 0 Å². The van der Waals surface area contributed by atoms with Crippen molar-refractivity contribution >= 4 is 66.1 Å². The zero-order valence-electron chi connectivity index (χ0n) is 77.7. The van der Waals surface area contributed by atoms with E-state index < -0.39 is 72.3 Å². The molecule has 0 amide bonds. The quantitative estimate of drug-likeness (QED) is 0.0246. The van der Waals surface area contributed by atoms with Gasteiger partial charge in [0.05, 0.1) is 59.0 Å². The molecule has 15 atom stereocenters. The molecule has 3 saturated carbocycles. The number of aliphatic hydroxyl groups excluding tert-OH is 2. The van der Waals surface area contributed by atoms with Crippen molar-refractivity contribution in [3.8, 4) is 69.0 Å². The minimum absolute atomic E-state index is 0.0436. The minimum atomic E-state index is -0.841. The van der Waals surface area contributed by atoms with Crippen molar-refractivity contribution in [2.75, 3.05) is 28.4 Å². The fourth-order valence-corrected chi connectivity index (χ4v) is 17.0. The van der Waals surface area contributed by atoms with Crippen LogP contribution in [0.4, 0.5) is 0 Å². The molecular weight excluding hydrogens is 1730 g/mol. The number of para-hydroxylation sites is 4. The molecule has 0 spiro atoms. The highest BCUT2D eigenvalue weighted by Gasteiger charge is 2.42. The topological polar surface area (TPSA) is 298 Å². The molecule has 6 aliphatic rings. The first kappa shape index (κ1) is 101. The number of aliphatic hydroxyl groups is 2. The fraction of sp³-hybridized carbons (Fsp3) is 0.330. The SMILES string of the molecule is COc1cc(/C=C/C(=O)O[C@@H]2/C=C/C(=O)O[C@@H](C)CCC/C=C/[C@@H]3C[C@H](O)C[C@H]32)ccc1Oc1ccccc1.COc1cc(/C=C/C(=O)O[C@@H]2C[C@@H]3[C@H](/C=C/CCC[C@H](C)OC(=O)/C=C/[C@H]3OC(=O)/C=C/c3ccc(Oc4ccccc4)c(OC)c3)C2)ccc1Oc1ccccc1.COc1cc(/C=C/C(=O)O[C@@H]2C[C@H]3[C@H](O)/C=C/C(=O)O[C@@H](C)CCC/C=C/[C@@H]3C2)ccc1Oc1ccccc1. The summed E-state index contributed by atoms with van der Waals surface area (Å²) in [6.45, 7) is 5.61. The van der Waals surface area contributed by atoms with Gasteiger partial charge in [0, 0.05) is 54.4 Å². The molecule has 0 radical (unpaired) electrons. The molecule has 0 saturated heterocycles. The highest BCUT2D eigenvalue weighted by atomic mass is 16.6. The van der Waals surface area contributed by atoms with E-state index in [0.29, 0.717) is 120 Å². The maximum absolute atomic E-state index is 13.4. The summed E-state index contributed by atoms with van der Waals surface area (Å²) in [5.41, 5.74) is 2.90. The van der Waals surface area contributed by atoms with Crippen molar-refractivity contribution in [1.82, 2.24) is 0 Å². The van der Waals surface area contributed by atoms with Gasteiger partial charge >= 0.3 is 41.8 Å². The molecule has 8 aromatic carbocycles. The van der Waals surface area contributed by atoms with E-state index >= 15 is 0 Å². The van der Waals surface area contributed by atoms with Crippen molar-refractivity contribution in [2.24, 2.45) is 35.5 Å². The van der Waals surface area contributed by atoms with E-state index in [1.165, 1.54) is 48.6 Å². The van der Waals surface area contributed by atoms with Gasteiger partial charge in [-0.05, 0) is 303 Å². The van der Waals surface area contributed by atoms with Gasteiger partial charge in [-0.2, -0.15) is 0 Å². The molecule has 2 N–H and O–H groups in total. The molecule has 14 rings (SSSR count). The van der Waals surface area contributed by atoms with Crippen LogP contribution in [0.1, 0.15) is 139 Å². The van der Waals surface area contributed by atoms with Gasteiger partial charge in [-0.1, -0.05) is 134 Å². The largest absolute Gasteiger partial charge is 0.493 e. The smallest absolute Gasteiger partial charge is 0.331 e. The molecule has 24 heteroatoms. The Bertz CT molecular complexity index is 5560. The molecule has 3 aliphatic heterocycles. The predicted molar refractivity (Wildman–Crippen MR) is 517 cm³/mol. The van der Waals surface area contributed by atoms with Gasteiger partial charge in [-0.15, -0.1) is 0 Å². The molecule has 136 heavy (non-hydrogen) atoms. The van der Waals surface area contributed by atoms with E-state index in [1.807, 2.05) is 160 Å². The van der Waals surface area contributed by atoms with Crippen LogP contribution in [0.15, 0.2) is 291 Å². The van der Waals surface area contributed by atoms with E-state index in [-0.39, 0.29) is 59.9 Å². The molecule has 3 heterocycles. The number of hydrogen-bond acceptors (Lipinski definition) is 24. The Hall–Kier alpha value is -14.2. The van der Waals surface area contributed by atoms with Gasteiger partial charge in [-0.3, -0.25) is 0 Å². The van der Waals surface area contributed by atoms with E-state index in [2.05, 4.69) is 36.5 Å². The summed E-state index contributed by atoms with van der Waals surface area (Å²) < 4.78 is 85.7. The van der Waals surface area contributed by atoms with E-state index in [9.17, 15) is 43.8 Å². The third-order valence-electron chi connectivity index (χ3n) is 23.8. The monoisotopic (exact) mass is 1850 g/mol. The predicted octanol–water partition coefficient (Wildman–Crippen LogP) is 22.1. The van der Waals surface area contributed by atoms with E-state index in [0.717, 1.165) is 68.1 Å². The summed E-state index contributed by atoms with van der Waals surface area (Å²) >= 11 is 0. The van der Waals surface area contributed by atoms with Gasteiger partial charge in [-0.25, -0.2) is 33.6 Å². The Morgan fingerprint density at radius 1 is 0.324 bits per heavy atom. The number of ether oxygens (including phenoxy) is 15. The Kier molecular flexibility index (Phi) is 38.8. The van der Waals surface area contributed by atoms with Crippen molar-refractivity contribution in [3.05, 3.63) is 314 Å². The molecule has 0 unspecified atom stereocenters. The average molecular weight is 1850 g/mol. The number of cyclic esters (lactones) is 3. The lowest BCUT2D eigenvalue weighted by Gasteiger charge is -2.24. The summed E-state index contributed by atoms with van der Waals surface area (Å²) in [6.07, 6.45) is 39.6. The van der Waals surface area contributed by atoms with Crippen LogP contribution in [0, 0.1) is 35.5 Å². The number of esters is 7. The van der Waals surface area contributed by atoms with Crippen LogP contribution in [0.2, 0.25) is 0 Å². The first-order valence-corrected chi connectivity index (χ1v) is 46.3. The molecule has 0 bridgehead atoms. The average Bonchev–Trinajstić information content (AvgIpc) is 1.65. The Morgan fingerprint density at radius 2 is 0.610 bits per heavy atom. The van der Waals surface area contributed by atoms with Crippen LogP contribution in [0.25, 0.3) is 24.3 Å². The number of allylic oxidation sites excluding steroid dienone is 6. The standard InChI is InChI=1S/C48H48O10.2C32H36O7/c1-33-13-7-4-8-14-36-31-39(57-47(50)26-21-34-19-23-42(44(29-34)52-2)55-37-15-9-5-10-16-37)32-40(36)41(25-28-46(49)54-33)58-48(51)27-22-35-20-24-43(45(30-35)53-3)56-38-17-11-6-12-18-38;1-22-9-5-3-6-10-24-20-26(21-27(24)28(33)15-18-31(34)37-22)39-32(35)17-14-23-13-16-29(30(19-23)36-2)38-25-11-7-4-8-12-25;1-22-9-5-3-6-10-24-20-25(33)21-27(24)28(16-18-31(34)37-22)39-32(35)17-14-23-13-15-29(30(19-23)36-2)38-26-11-7-4-8-12-26/h5-6,8-12,14-30,33,36,39-41H,4,7,13,31-32H2,1-3H3;4,6-8,10-19,22,24,26-28,33H,3,5,9,20-21H2,1-2H3;4,6-8,10-19,22,24-25,27-28,33H,3,5,9,20-21H2,1-2H3/b14-8+,26-21+,27-22+,28-25+;10-6+,17-14+,18-15+;10-6+,17-14+,18-16+/t33-,36+,39-,40+,41+;22-,24+,26-,27+,28+;22-,24+,25-,27+,28+/m000/s1. The van der Waals surface area contributed by atoms with Crippen LogP contribution in [-0.2, 0) is 66.7 Å². The second-order valence-electron chi connectivity index (χ2n) is 34.0. The number of fused-ring (bicyclic) bond motifs is 3. The summed E-state index contributed by atoms with van der Waals surface area (Å²) in [7, 11) is 6.22. The highest BCUT2D eigenvalue weighted by Crippen LogP contribution is 2.44. The van der Waals surface area contributed by atoms with Crippen LogP contribution in [0.5, 0.6) is 69.0 Å². The van der Waals surface area contributed by atoms with Crippen LogP contribution >= 0.6 is 0 Å². The Morgan fingerprint density at radius 3 is 0.934 bits per heavy atom. The molecule has 3 aliphatic carbocycles. The lowest BCUT2D eigenvalue weighted by atomic mass is 9.89. The summed E-state index contributed by atoms with van der Waals surface area (Å²) in [4.78, 5) is 89.3. The molecule has 712 valence electrons. The normalized spacial score (nSPS) is 25.0. The second kappa shape index (κ2) is 52.4. The Balaban J connectivity index is 0.000000189. The van der Waals surface area contributed by atoms with Crippen molar-refractivity contribution in [2.45, 2.75) is 172 Å². The molecular formula is C112H120O24. The summed E-state index contributed by atoms with van der Waals surface area (Å²) in [6, 6.07) is 59.0. The third-order valence-corrected chi connectivity index (χ3v) is 23.8. The zero-order valence-corrected chi connectivity index (χ0v) is 77.7. The van der Waals surface area contributed by atoms with E-state index in [1.54, 1.807) is 119 Å². The number of rotatable bonds is 24. The maximum atomic E-state index is 13.4. The summed E-state index contributed by atoms with van der Waals surface area (Å²) in [5, 5.41) is 21.2. The van der Waals surface area contributed by atoms with Gasteiger partial charge in [0.15, 0.2) is 46.0 Å². The lowest BCUT2D eigenvalue weighted by Crippen LogP contribution is -2.27. The third kappa shape index (κ3) is 32.3. The summed E-state index contributed by atoms with van der Waals surface area (Å²) in [5.74, 6) is 2.84. The number of carbonyl (C=O) groups is 7. The van der Waals surface area contributed by atoms with Crippen LogP contribution in [0.3, 0.4) is 0 Å². The number of carbonyl (C=O) groups excluding carboxylic acids is 7. The van der Waals surface area contributed by atoms with Crippen molar-refractivity contribution < 1.29 is 115 Å². The van der Waals surface area contributed by atoms with E-state index in [4.69, 9.17) is 71.1 Å². The van der Waals surface area contributed by atoms with Crippen LogP contribution < -0.4 is 37.9 Å². The molecule has 24 nitrogen and oxygen atoms in total. The first-order valence-electron chi connectivity index (χ1n) is 46.3. The second-order valence-corrected chi connectivity index (χ2v) is 34.0. The first-order chi connectivity index (χ1) is 66.1. The van der Waals surface area contributed by atoms with Crippen LogP contribution in [-0.4, -0.2) is 135 Å². The van der Waals surface area contributed by atoms with Crippen molar-refractivity contribution in [1.29, 1.82) is 0 Å². The zero-order chi connectivity index (χ0) is 95.9. The number of hydrogen-bond donors (Lipinski definition) is 2. The molecule has 0 aromatic heterocycles. The lowest BCUT2D eigenvalue weighted by molar-refractivity contribution is -0.146. The fourth-order valence-electron chi connectivity index (χ4n) is 17.0. The maximum Gasteiger partial charge on any atom is 0.331 e. The van der Waals surface area contributed by atoms with Gasteiger partial charge < -0.3 is 81.3 Å². The minimum Gasteiger partial charge on any atom is -0.493 e. The number of methoxy groups -OCH3 is 4. The Labute approximate surface area is 795 Å². The van der Waals surface area contributed by atoms with Gasteiger partial charge in [0.25, 0.3) is 0 Å². The van der Waals surface area contributed by atoms with Crippen molar-refractivity contribution in [3.63, 3.8) is 0 Å². The highest BCUT2D eigenvalue weighted by molar-refractivity contribution is 5.90.